The Morgan fingerprint density at radius 1 is 1.05 bits per heavy atom. The van der Waals surface area contributed by atoms with Gasteiger partial charge >= 0.3 is 12.4 Å². The largest absolute Gasteiger partial charge is 0.435 e. The van der Waals surface area contributed by atoms with Gasteiger partial charge in [-0.1, -0.05) is 0 Å². The molecule has 0 saturated heterocycles. The highest BCUT2D eigenvalue weighted by Crippen LogP contribution is 2.31. The highest BCUT2D eigenvalue weighted by Gasteiger charge is 2.37. The molecule has 0 aliphatic heterocycles. The SMILES string of the molecule is O=Cc1cn(-c2ccc(C(F)(F)F)nc2)nc1C(F)(F)F. The van der Waals surface area contributed by atoms with Gasteiger partial charge in [-0.2, -0.15) is 31.4 Å². The van der Waals surface area contributed by atoms with Crippen LogP contribution in [0.25, 0.3) is 5.69 Å². The number of carbonyl (C=O) groups excluding carboxylic acids is 1. The van der Waals surface area contributed by atoms with Crippen LogP contribution in [0, 0.1) is 0 Å². The molecule has 0 amide bonds. The summed E-state index contributed by atoms with van der Waals surface area (Å²) in [5.41, 5.74) is -3.47. The van der Waals surface area contributed by atoms with E-state index in [0.29, 0.717) is 16.9 Å². The van der Waals surface area contributed by atoms with Crippen LogP contribution >= 0.6 is 0 Å². The van der Waals surface area contributed by atoms with Gasteiger partial charge in [-0.05, 0) is 12.1 Å². The van der Waals surface area contributed by atoms with E-state index < -0.39 is 29.3 Å². The lowest BCUT2D eigenvalue weighted by Gasteiger charge is -2.06. The van der Waals surface area contributed by atoms with Crippen LogP contribution in [0.4, 0.5) is 26.3 Å². The molecule has 0 aromatic carbocycles. The molecule has 0 aliphatic carbocycles. The number of carbonyl (C=O) groups is 1. The van der Waals surface area contributed by atoms with Crippen LogP contribution in [0.1, 0.15) is 21.7 Å². The number of aromatic nitrogens is 3. The average Bonchev–Trinajstić information content (AvgIpc) is 2.82. The molecule has 0 N–H and O–H groups in total. The highest BCUT2D eigenvalue weighted by atomic mass is 19.4. The summed E-state index contributed by atoms with van der Waals surface area (Å²) in [6.07, 6.45) is -8.07. The molecule has 21 heavy (non-hydrogen) atoms. The summed E-state index contributed by atoms with van der Waals surface area (Å²) in [6, 6.07) is 1.50. The predicted molar refractivity (Wildman–Crippen MR) is 56.8 cm³/mol. The number of pyridine rings is 1. The normalized spacial score (nSPS) is 12.5. The molecule has 2 heterocycles. The summed E-state index contributed by atoms with van der Waals surface area (Å²) in [5, 5.41) is 3.15. The summed E-state index contributed by atoms with van der Waals surface area (Å²) in [6.45, 7) is 0. The minimum absolute atomic E-state index is 0.0379. The molecule has 112 valence electrons. The van der Waals surface area contributed by atoms with Gasteiger partial charge in [0.1, 0.15) is 5.69 Å². The van der Waals surface area contributed by atoms with Crippen LogP contribution in [0.5, 0.6) is 0 Å². The zero-order valence-corrected chi connectivity index (χ0v) is 9.90. The standard InChI is InChI=1S/C11H5F6N3O/c12-10(13,14)8-2-1-7(3-18-8)20-4-6(5-21)9(19-20)11(15,16)17/h1-5H. The fourth-order valence-corrected chi connectivity index (χ4v) is 1.52. The van der Waals surface area contributed by atoms with E-state index in [1.165, 1.54) is 0 Å². The van der Waals surface area contributed by atoms with Crippen molar-refractivity contribution in [1.82, 2.24) is 14.8 Å². The molecule has 0 fully saturated rings. The first-order chi connectivity index (χ1) is 9.63. The lowest BCUT2D eigenvalue weighted by Crippen LogP contribution is -2.10. The molecular formula is C11H5F6N3O. The Hall–Kier alpha value is -2.39. The highest BCUT2D eigenvalue weighted by molar-refractivity contribution is 5.76. The van der Waals surface area contributed by atoms with Crippen molar-refractivity contribution in [3.8, 4) is 5.69 Å². The third kappa shape index (κ3) is 3.03. The Morgan fingerprint density at radius 2 is 1.71 bits per heavy atom. The van der Waals surface area contributed by atoms with Gasteiger partial charge in [0, 0.05) is 6.20 Å². The van der Waals surface area contributed by atoms with Crippen LogP contribution in [-0.2, 0) is 12.4 Å². The molecule has 0 unspecified atom stereocenters. The van der Waals surface area contributed by atoms with Crippen molar-refractivity contribution in [3.63, 3.8) is 0 Å². The zero-order chi connectivity index (χ0) is 15.8. The van der Waals surface area contributed by atoms with Crippen LogP contribution in [0.2, 0.25) is 0 Å². The number of alkyl halides is 6. The Kier molecular flexibility index (Phi) is 3.47. The fraction of sp³-hybridized carbons (Fsp3) is 0.182. The summed E-state index contributed by atoms with van der Waals surface area (Å²) in [5.74, 6) is 0. The molecule has 4 nitrogen and oxygen atoms in total. The molecule has 2 rings (SSSR count). The van der Waals surface area contributed by atoms with Crippen molar-refractivity contribution in [2.75, 3.05) is 0 Å². The lowest BCUT2D eigenvalue weighted by atomic mass is 10.2. The predicted octanol–water partition coefficient (Wildman–Crippen LogP) is 3.12. The Bertz CT molecular complexity index is 656. The summed E-state index contributed by atoms with van der Waals surface area (Å²) in [4.78, 5) is 13.7. The van der Waals surface area contributed by atoms with E-state index in [1.807, 2.05) is 0 Å². The van der Waals surface area contributed by atoms with Gasteiger partial charge in [0.05, 0.1) is 17.4 Å². The van der Waals surface area contributed by atoms with Gasteiger partial charge in [0.2, 0.25) is 0 Å². The van der Waals surface area contributed by atoms with Gasteiger partial charge in [-0.25, -0.2) is 9.67 Å². The summed E-state index contributed by atoms with van der Waals surface area (Å²) >= 11 is 0. The maximum atomic E-state index is 12.6. The van der Waals surface area contributed by atoms with E-state index in [2.05, 4.69) is 10.1 Å². The molecular weight excluding hydrogens is 304 g/mol. The number of halogens is 6. The molecule has 0 aliphatic rings. The second-order valence-corrected chi connectivity index (χ2v) is 3.89. The first-order valence-electron chi connectivity index (χ1n) is 5.28. The minimum Gasteiger partial charge on any atom is -0.298 e. The molecule has 0 radical (unpaired) electrons. The van der Waals surface area contributed by atoms with Crippen molar-refractivity contribution in [1.29, 1.82) is 0 Å². The third-order valence-corrected chi connectivity index (χ3v) is 2.44. The number of nitrogens with zero attached hydrogens (tertiary/aromatic N) is 3. The first kappa shape index (κ1) is 15.0. The van der Waals surface area contributed by atoms with Crippen LogP contribution < -0.4 is 0 Å². The number of hydrogen-bond acceptors (Lipinski definition) is 3. The second kappa shape index (κ2) is 4.86. The Morgan fingerprint density at radius 3 is 2.10 bits per heavy atom. The Balaban J connectivity index is 2.44. The van der Waals surface area contributed by atoms with E-state index >= 15 is 0 Å². The van der Waals surface area contributed by atoms with Crippen molar-refractivity contribution in [2.45, 2.75) is 12.4 Å². The van der Waals surface area contributed by atoms with E-state index in [1.54, 1.807) is 0 Å². The van der Waals surface area contributed by atoms with Crippen LogP contribution in [-0.4, -0.2) is 21.1 Å². The third-order valence-electron chi connectivity index (χ3n) is 2.44. The number of hydrogen-bond donors (Lipinski definition) is 0. The second-order valence-electron chi connectivity index (χ2n) is 3.89. The van der Waals surface area contributed by atoms with E-state index in [4.69, 9.17) is 0 Å². The van der Waals surface area contributed by atoms with Gasteiger partial charge in [-0.3, -0.25) is 4.79 Å². The maximum Gasteiger partial charge on any atom is 0.435 e. The number of rotatable bonds is 2. The maximum absolute atomic E-state index is 12.6. The van der Waals surface area contributed by atoms with Crippen molar-refractivity contribution >= 4 is 6.29 Å². The average molecular weight is 309 g/mol. The molecule has 0 atom stereocenters. The summed E-state index contributed by atoms with van der Waals surface area (Å²) < 4.78 is 75.4. The first-order valence-corrected chi connectivity index (χ1v) is 5.28. The molecule has 0 spiro atoms. The monoisotopic (exact) mass is 309 g/mol. The van der Waals surface area contributed by atoms with E-state index in [9.17, 15) is 31.1 Å². The van der Waals surface area contributed by atoms with Crippen molar-refractivity contribution in [2.24, 2.45) is 0 Å². The molecule has 2 aromatic heterocycles. The zero-order valence-electron chi connectivity index (χ0n) is 9.90. The lowest BCUT2D eigenvalue weighted by molar-refractivity contribution is -0.142. The van der Waals surface area contributed by atoms with Gasteiger partial charge in [-0.15, -0.1) is 0 Å². The topological polar surface area (TPSA) is 47.8 Å². The van der Waals surface area contributed by atoms with Crippen LogP contribution in [0.3, 0.4) is 0 Å². The molecule has 10 heteroatoms. The van der Waals surface area contributed by atoms with E-state index in [0.717, 1.165) is 12.3 Å². The smallest absolute Gasteiger partial charge is 0.298 e. The van der Waals surface area contributed by atoms with Gasteiger partial charge < -0.3 is 0 Å². The fourth-order valence-electron chi connectivity index (χ4n) is 1.52. The molecule has 0 bridgehead atoms. The van der Waals surface area contributed by atoms with Crippen molar-refractivity contribution < 1.29 is 31.1 Å². The Labute approximate surface area is 113 Å². The number of aldehydes is 1. The summed E-state index contributed by atoms with van der Waals surface area (Å²) in [7, 11) is 0. The van der Waals surface area contributed by atoms with Gasteiger partial charge in [0.15, 0.2) is 12.0 Å². The van der Waals surface area contributed by atoms with Gasteiger partial charge in [0.25, 0.3) is 0 Å². The minimum atomic E-state index is -4.85. The van der Waals surface area contributed by atoms with Crippen LogP contribution in [0.15, 0.2) is 24.5 Å². The van der Waals surface area contributed by atoms with Crippen molar-refractivity contribution in [3.05, 3.63) is 41.5 Å². The molecule has 0 saturated carbocycles. The van der Waals surface area contributed by atoms with E-state index in [-0.39, 0.29) is 12.0 Å². The quantitative estimate of drug-likeness (QED) is 0.632. The molecule has 2 aromatic rings.